The summed E-state index contributed by atoms with van der Waals surface area (Å²) in [6.07, 6.45) is 5.33. The molecule has 0 aliphatic heterocycles. The van der Waals surface area contributed by atoms with Crippen LogP contribution in [-0.4, -0.2) is 0 Å². The van der Waals surface area contributed by atoms with E-state index < -0.39 is 0 Å². The van der Waals surface area contributed by atoms with Crippen molar-refractivity contribution in [3.05, 3.63) is 0 Å². The van der Waals surface area contributed by atoms with Gasteiger partial charge in [-0.3, -0.25) is 0 Å². The first kappa shape index (κ1) is 36.0. The Balaban J connectivity index is -0.0000000201. The van der Waals surface area contributed by atoms with Crippen molar-refractivity contribution < 1.29 is 0 Å². The number of hydrogen-bond acceptors (Lipinski definition) is 0. The summed E-state index contributed by atoms with van der Waals surface area (Å²) in [6.45, 7) is 24.7. The molecule has 0 nitrogen and oxygen atoms in total. The van der Waals surface area contributed by atoms with Gasteiger partial charge in [0.15, 0.2) is 0 Å². The molecule has 0 heterocycles. The molecule has 0 atom stereocenters. The van der Waals surface area contributed by atoms with Crippen molar-refractivity contribution >= 4 is 0 Å². The molecule has 0 saturated heterocycles. The third-order valence-corrected chi connectivity index (χ3v) is 0.707. The Hall–Kier alpha value is 0. The van der Waals surface area contributed by atoms with Crippen LogP contribution in [0.1, 0.15) is 109 Å². The van der Waals surface area contributed by atoms with Crippen molar-refractivity contribution in [1.29, 1.82) is 0 Å². The fourth-order valence-electron chi connectivity index (χ4n) is 0.354. The van der Waals surface area contributed by atoms with E-state index >= 15 is 0 Å². The Morgan fingerprint density at radius 2 is 0.562 bits per heavy atom. The summed E-state index contributed by atoms with van der Waals surface area (Å²) < 4.78 is 0. The van der Waals surface area contributed by atoms with E-state index in [1.54, 1.807) is 0 Å². The molecule has 108 valence electrons. The normalized spacial score (nSPS) is 5.25. The van der Waals surface area contributed by atoms with Gasteiger partial charge < -0.3 is 0 Å². The fourth-order valence-corrected chi connectivity index (χ4v) is 0.354. The van der Waals surface area contributed by atoms with Gasteiger partial charge in [-0.15, -0.1) is 0 Å². The lowest BCUT2D eigenvalue weighted by Gasteiger charge is -1.79. The van der Waals surface area contributed by atoms with Gasteiger partial charge in [0.1, 0.15) is 0 Å². The summed E-state index contributed by atoms with van der Waals surface area (Å²) in [5.74, 6) is 0. The zero-order valence-electron chi connectivity index (χ0n) is 14.8. The second kappa shape index (κ2) is 184. The lowest BCUT2D eigenvalue weighted by molar-refractivity contribution is 0.772. The van der Waals surface area contributed by atoms with Crippen molar-refractivity contribution in [3.8, 4) is 0 Å². The van der Waals surface area contributed by atoms with Gasteiger partial charge in [0.2, 0.25) is 0 Å². The molecular formula is C16H44. The highest BCUT2D eigenvalue weighted by atomic mass is 13.7. The number of hydrogen-bond donors (Lipinski definition) is 0. The molecule has 0 fully saturated rings. The van der Waals surface area contributed by atoms with Crippen LogP contribution in [0.2, 0.25) is 0 Å². The van der Waals surface area contributed by atoms with Gasteiger partial charge in [0, 0.05) is 0 Å². The van der Waals surface area contributed by atoms with E-state index in [9.17, 15) is 0 Å². The molecule has 0 amide bonds. The monoisotopic (exact) mass is 236 g/mol. The largest absolute Gasteiger partial charge is 0.0683 e. The van der Waals surface area contributed by atoms with Gasteiger partial charge in [-0.2, -0.15) is 0 Å². The quantitative estimate of drug-likeness (QED) is 0.460. The maximum absolute atomic E-state index is 2.21. The Labute approximate surface area is 109 Å². The molecule has 0 heteroatoms. The van der Waals surface area contributed by atoms with Crippen molar-refractivity contribution in [3.63, 3.8) is 0 Å². The second-order valence-electron chi connectivity index (χ2n) is 2.06. The van der Waals surface area contributed by atoms with Crippen LogP contribution < -0.4 is 0 Å². The summed E-state index contributed by atoms with van der Waals surface area (Å²) in [6, 6.07) is 0. The zero-order chi connectivity index (χ0) is 14.8. The summed E-state index contributed by atoms with van der Waals surface area (Å²) in [5.41, 5.74) is 0. The van der Waals surface area contributed by atoms with Crippen LogP contribution in [0.25, 0.3) is 0 Å². The van der Waals surface area contributed by atoms with Crippen LogP contribution in [0, 0.1) is 0 Å². The molecule has 0 bridgehead atoms. The van der Waals surface area contributed by atoms with E-state index in [4.69, 9.17) is 0 Å². The van der Waals surface area contributed by atoms with Gasteiger partial charge in [-0.25, -0.2) is 0 Å². The first-order chi connectivity index (χ1) is 7.83. The molecule has 0 aliphatic carbocycles. The fraction of sp³-hybridized carbons (Fsp3) is 1.00. The predicted octanol–water partition coefficient (Wildman–Crippen LogP) is 7.72. The highest BCUT2D eigenvalue weighted by Crippen LogP contribution is 1.88. The van der Waals surface area contributed by atoms with Crippen LogP contribution in [0.5, 0.6) is 0 Å². The highest BCUT2D eigenvalue weighted by molar-refractivity contribution is 4.24. The second-order valence-corrected chi connectivity index (χ2v) is 2.06. The lowest BCUT2D eigenvalue weighted by Crippen LogP contribution is -1.59. The van der Waals surface area contributed by atoms with Crippen LogP contribution in [0.4, 0.5) is 0 Å². The van der Waals surface area contributed by atoms with E-state index in [0.717, 1.165) is 0 Å². The lowest BCUT2D eigenvalue weighted by atomic mass is 10.3. The molecule has 0 saturated carbocycles. The molecule has 0 aliphatic rings. The van der Waals surface area contributed by atoms with Gasteiger partial charge in [0.05, 0.1) is 0 Å². The molecule has 0 spiro atoms. The molecular weight excluding hydrogens is 192 g/mol. The van der Waals surface area contributed by atoms with Gasteiger partial charge in [-0.1, -0.05) is 109 Å². The minimum atomic E-state index is 1.25. The van der Waals surface area contributed by atoms with Gasteiger partial charge in [0.25, 0.3) is 0 Å². The molecule has 0 aromatic heterocycles. The Kier molecular flexibility index (Phi) is 413. The topological polar surface area (TPSA) is 0 Å². The maximum atomic E-state index is 2.21. The molecule has 0 aromatic rings. The zero-order valence-corrected chi connectivity index (χ0v) is 14.8. The molecule has 0 rings (SSSR count). The standard InChI is InChI=1S/C5H12.C3H8.4C2H6/c1-3-5-4-2;1-3-2;4*1-2/h3-5H2,1-2H3;3H2,1-2H3;4*1-2H3. The van der Waals surface area contributed by atoms with Crippen molar-refractivity contribution in [2.45, 2.75) is 109 Å². The van der Waals surface area contributed by atoms with E-state index in [1.165, 1.54) is 25.7 Å². The number of rotatable bonds is 2. The minimum absolute atomic E-state index is 1.25. The minimum Gasteiger partial charge on any atom is -0.0683 e. The van der Waals surface area contributed by atoms with Crippen LogP contribution in [0.3, 0.4) is 0 Å². The van der Waals surface area contributed by atoms with E-state index in [0.29, 0.717) is 0 Å². The first-order valence-corrected chi connectivity index (χ1v) is 7.83. The third-order valence-electron chi connectivity index (χ3n) is 0.707. The summed E-state index contributed by atoms with van der Waals surface area (Å²) >= 11 is 0. The average molecular weight is 237 g/mol. The first-order valence-electron chi connectivity index (χ1n) is 7.83. The maximum Gasteiger partial charge on any atom is -0.0538 e. The Morgan fingerprint density at radius 3 is 0.562 bits per heavy atom. The van der Waals surface area contributed by atoms with E-state index in [2.05, 4.69) is 27.7 Å². The summed E-state index contributed by atoms with van der Waals surface area (Å²) in [4.78, 5) is 0. The van der Waals surface area contributed by atoms with E-state index in [1.807, 2.05) is 55.4 Å². The average Bonchev–Trinajstić information content (AvgIpc) is 2.41. The smallest absolute Gasteiger partial charge is 0.0538 e. The molecule has 0 aromatic carbocycles. The van der Waals surface area contributed by atoms with Gasteiger partial charge in [-0.05, 0) is 0 Å². The van der Waals surface area contributed by atoms with Gasteiger partial charge >= 0.3 is 0 Å². The van der Waals surface area contributed by atoms with Crippen molar-refractivity contribution in [1.82, 2.24) is 0 Å². The molecule has 16 heavy (non-hydrogen) atoms. The Bertz CT molecular complexity index is 14.0. The Morgan fingerprint density at radius 1 is 0.438 bits per heavy atom. The molecule has 0 radical (unpaired) electrons. The molecule has 0 unspecified atom stereocenters. The van der Waals surface area contributed by atoms with E-state index in [-0.39, 0.29) is 0 Å². The van der Waals surface area contributed by atoms with Crippen LogP contribution >= 0.6 is 0 Å². The van der Waals surface area contributed by atoms with Crippen molar-refractivity contribution in [2.24, 2.45) is 0 Å². The SMILES string of the molecule is CC.CC.CC.CC.CCC.CCCCC. The summed E-state index contributed by atoms with van der Waals surface area (Å²) in [5, 5.41) is 0. The number of unbranched alkanes of at least 4 members (excludes halogenated alkanes) is 2. The van der Waals surface area contributed by atoms with Crippen LogP contribution in [-0.2, 0) is 0 Å². The third kappa shape index (κ3) is 592. The van der Waals surface area contributed by atoms with Crippen LogP contribution in [0.15, 0.2) is 0 Å². The summed E-state index contributed by atoms with van der Waals surface area (Å²) in [7, 11) is 0. The van der Waals surface area contributed by atoms with Crippen molar-refractivity contribution in [2.75, 3.05) is 0 Å². The molecule has 0 N–H and O–H groups in total. The highest BCUT2D eigenvalue weighted by Gasteiger charge is 1.68. The predicted molar refractivity (Wildman–Crippen MR) is 86.6 cm³/mol.